The van der Waals surface area contributed by atoms with Crippen molar-refractivity contribution in [2.45, 2.75) is 20.0 Å². The Morgan fingerprint density at radius 2 is 1.95 bits per heavy atom. The Bertz CT molecular complexity index is 642. The molecule has 0 spiro atoms. The SMILES string of the molecule is Cc1ncsc1CN(C)Cc1cc2c(cc1N)OCCO2. The summed E-state index contributed by atoms with van der Waals surface area (Å²) >= 11 is 1.69. The summed E-state index contributed by atoms with van der Waals surface area (Å²) < 4.78 is 11.2. The summed E-state index contributed by atoms with van der Waals surface area (Å²) in [6, 6.07) is 3.84. The molecule has 1 aliphatic rings. The topological polar surface area (TPSA) is 60.6 Å². The van der Waals surface area contributed by atoms with Gasteiger partial charge in [0.2, 0.25) is 0 Å². The molecule has 3 rings (SSSR count). The van der Waals surface area contributed by atoms with Gasteiger partial charge in [0.1, 0.15) is 13.2 Å². The number of rotatable bonds is 4. The van der Waals surface area contributed by atoms with Crippen molar-refractivity contribution in [2.24, 2.45) is 0 Å². The van der Waals surface area contributed by atoms with E-state index in [1.807, 2.05) is 24.6 Å². The fourth-order valence-corrected chi connectivity index (χ4v) is 3.21. The average Bonchev–Trinajstić information content (AvgIpc) is 2.85. The summed E-state index contributed by atoms with van der Waals surface area (Å²) in [5.74, 6) is 1.52. The Hall–Kier alpha value is -1.79. The molecule has 1 aliphatic heterocycles. The van der Waals surface area contributed by atoms with E-state index >= 15 is 0 Å². The van der Waals surface area contributed by atoms with Crippen LogP contribution in [0.1, 0.15) is 16.1 Å². The number of benzene rings is 1. The zero-order valence-electron chi connectivity index (χ0n) is 12.3. The van der Waals surface area contributed by atoms with Crippen molar-refractivity contribution in [3.05, 3.63) is 33.8 Å². The van der Waals surface area contributed by atoms with Crippen molar-refractivity contribution >= 4 is 17.0 Å². The van der Waals surface area contributed by atoms with E-state index in [-0.39, 0.29) is 0 Å². The van der Waals surface area contributed by atoms with Crippen molar-refractivity contribution in [3.8, 4) is 11.5 Å². The maximum atomic E-state index is 6.12. The Morgan fingerprint density at radius 3 is 2.62 bits per heavy atom. The van der Waals surface area contributed by atoms with E-state index in [0.717, 1.165) is 41.5 Å². The second-order valence-electron chi connectivity index (χ2n) is 5.23. The minimum Gasteiger partial charge on any atom is -0.486 e. The fourth-order valence-electron chi connectivity index (χ4n) is 2.35. The van der Waals surface area contributed by atoms with Gasteiger partial charge in [0.15, 0.2) is 11.5 Å². The van der Waals surface area contributed by atoms with Crippen LogP contribution in [0.3, 0.4) is 0 Å². The third-order valence-corrected chi connectivity index (χ3v) is 4.42. The van der Waals surface area contributed by atoms with E-state index in [9.17, 15) is 0 Å². The number of nitrogens with zero attached hydrogens (tertiary/aromatic N) is 2. The number of hydrogen-bond acceptors (Lipinski definition) is 6. The summed E-state index contributed by atoms with van der Waals surface area (Å²) in [4.78, 5) is 7.79. The van der Waals surface area contributed by atoms with Crippen LogP contribution in [0.15, 0.2) is 17.6 Å². The highest BCUT2D eigenvalue weighted by Crippen LogP contribution is 2.35. The summed E-state index contributed by atoms with van der Waals surface area (Å²) in [5, 5.41) is 0. The number of thiazole rings is 1. The molecule has 112 valence electrons. The molecule has 0 bridgehead atoms. The molecule has 6 heteroatoms. The number of ether oxygens (including phenoxy) is 2. The number of fused-ring (bicyclic) bond motifs is 1. The van der Waals surface area contributed by atoms with Crippen molar-refractivity contribution in [3.63, 3.8) is 0 Å². The molecule has 0 saturated carbocycles. The molecule has 0 amide bonds. The van der Waals surface area contributed by atoms with Crippen molar-refractivity contribution < 1.29 is 9.47 Å². The summed E-state index contributed by atoms with van der Waals surface area (Å²) in [5.41, 5.74) is 10.9. The largest absolute Gasteiger partial charge is 0.486 e. The maximum Gasteiger partial charge on any atom is 0.163 e. The first-order valence-corrected chi connectivity index (χ1v) is 7.77. The van der Waals surface area contributed by atoms with Gasteiger partial charge in [0.05, 0.1) is 11.2 Å². The molecule has 0 atom stereocenters. The first-order chi connectivity index (χ1) is 10.1. The highest BCUT2D eigenvalue weighted by Gasteiger charge is 2.16. The number of aromatic nitrogens is 1. The second kappa shape index (κ2) is 5.91. The van der Waals surface area contributed by atoms with Crippen molar-refractivity contribution in [1.29, 1.82) is 0 Å². The zero-order valence-corrected chi connectivity index (χ0v) is 13.1. The molecule has 0 saturated heterocycles. The van der Waals surface area contributed by atoms with Crippen LogP contribution < -0.4 is 15.2 Å². The van der Waals surface area contributed by atoms with Crippen LogP contribution in [0.4, 0.5) is 5.69 Å². The number of aryl methyl sites for hydroxylation is 1. The Labute approximate surface area is 128 Å². The number of nitrogen functional groups attached to an aromatic ring is 1. The standard InChI is InChI=1S/C15H19N3O2S/c1-10-15(21-9-17-10)8-18(2)7-11-5-13-14(6-12(11)16)20-4-3-19-13/h5-6,9H,3-4,7-8,16H2,1-2H3. The smallest absolute Gasteiger partial charge is 0.163 e. The van der Waals surface area contributed by atoms with Gasteiger partial charge in [-0.05, 0) is 25.6 Å². The number of hydrogen-bond donors (Lipinski definition) is 1. The van der Waals surface area contributed by atoms with Crippen LogP contribution in [0, 0.1) is 6.92 Å². The third-order valence-electron chi connectivity index (χ3n) is 3.50. The molecule has 2 heterocycles. The van der Waals surface area contributed by atoms with E-state index in [4.69, 9.17) is 15.2 Å². The maximum absolute atomic E-state index is 6.12. The molecular weight excluding hydrogens is 286 g/mol. The van der Waals surface area contributed by atoms with Crippen LogP contribution in [-0.4, -0.2) is 30.1 Å². The highest BCUT2D eigenvalue weighted by molar-refractivity contribution is 7.09. The molecule has 0 radical (unpaired) electrons. The van der Waals surface area contributed by atoms with E-state index in [1.165, 1.54) is 4.88 Å². The number of nitrogens with two attached hydrogens (primary N) is 1. The van der Waals surface area contributed by atoms with Gasteiger partial charge < -0.3 is 15.2 Å². The van der Waals surface area contributed by atoms with Gasteiger partial charge in [-0.25, -0.2) is 4.98 Å². The van der Waals surface area contributed by atoms with Crippen LogP contribution in [0.2, 0.25) is 0 Å². The van der Waals surface area contributed by atoms with Gasteiger partial charge >= 0.3 is 0 Å². The monoisotopic (exact) mass is 305 g/mol. The minimum atomic E-state index is 0.580. The van der Waals surface area contributed by atoms with Crippen LogP contribution in [0.25, 0.3) is 0 Å². The highest BCUT2D eigenvalue weighted by atomic mass is 32.1. The first-order valence-electron chi connectivity index (χ1n) is 6.89. The molecule has 1 aromatic heterocycles. The van der Waals surface area contributed by atoms with Gasteiger partial charge in [0, 0.05) is 29.7 Å². The molecular formula is C15H19N3O2S. The van der Waals surface area contributed by atoms with Gasteiger partial charge in [-0.1, -0.05) is 0 Å². The third kappa shape index (κ3) is 3.11. The van der Waals surface area contributed by atoms with Crippen LogP contribution in [0.5, 0.6) is 11.5 Å². The van der Waals surface area contributed by atoms with E-state index < -0.39 is 0 Å². The molecule has 1 aromatic carbocycles. The number of anilines is 1. The summed E-state index contributed by atoms with van der Waals surface area (Å²) in [6.45, 7) is 4.84. The van der Waals surface area contributed by atoms with E-state index in [2.05, 4.69) is 16.9 Å². The van der Waals surface area contributed by atoms with Gasteiger partial charge in [-0.3, -0.25) is 4.90 Å². The lowest BCUT2D eigenvalue weighted by atomic mass is 10.1. The fraction of sp³-hybridized carbons (Fsp3) is 0.400. The van der Waals surface area contributed by atoms with E-state index in [1.54, 1.807) is 11.3 Å². The van der Waals surface area contributed by atoms with Crippen molar-refractivity contribution in [2.75, 3.05) is 26.0 Å². The second-order valence-corrected chi connectivity index (χ2v) is 6.17. The molecule has 0 unspecified atom stereocenters. The van der Waals surface area contributed by atoms with Crippen LogP contribution in [-0.2, 0) is 13.1 Å². The molecule has 21 heavy (non-hydrogen) atoms. The van der Waals surface area contributed by atoms with Gasteiger partial charge in [-0.15, -0.1) is 11.3 Å². The lowest BCUT2D eigenvalue weighted by Crippen LogP contribution is -2.19. The Kier molecular flexibility index (Phi) is 3.98. The quantitative estimate of drug-likeness (QED) is 0.879. The predicted octanol–water partition coefficient (Wildman–Crippen LogP) is 2.44. The van der Waals surface area contributed by atoms with Crippen LogP contribution >= 0.6 is 11.3 Å². The Morgan fingerprint density at radius 1 is 1.24 bits per heavy atom. The minimum absolute atomic E-state index is 0.580. The normalized spacial score (nSPS) is 13.7. The lowest BCUT2D eigenvalue weighted by Gasteiger charge is -2.22. The summed E-state index contributed by atoms with van der Waals surface area (Å²) in [7, 11) is 2.08. The van der Waals surface area contributed by atoms with E-state index in [0.29, 0.717) is 13.2 Å². The average molecular weight is 305 g/mol. The predicted molar refractivity (Wildman–Crippen MR) is 83.9 cm³/mol. The molecule has 2 aromatic rings. The van der Waals surface area contributed by atoms with Gasteiger partial charge in [-0.2, -0.15) is 0 Å². The first kappa shape index (κ1) is 14.2. The molecule has 5 nitrogen and oxygen atoms in total. The molecule has 2 N–H and O–H groups in total. The van der Waals surface area contributed by atoms with Crippen molar-refractivity contribution in [1.82, 2.24) is 9.88 Å². The molecule has 0 fully saturated rings. The summed E-state index contributed by atoms with van der Waals surface area (Å²) in [6.07, 6.45) is 0. The molecule has 0 aliphatic carbocycles. The zero-order chi connectivity index (χ0) is 14.8. The van der Waals surface area contributed by atoms with Gasteiger partial charge in [0.25, 0.3) is 0 Å². The Balaban J connectivity index is 1.73. The lowest BCUT2D eigenvalue weighted by molar-refractivity contribution is 0.171.